The van der Waals surface area contributed by atoms with E-state index in [0.29, 0.717) is 12.1 Å². The van der Waals surface area contributed by atoms with E-state index in [1.54, 1.807) is 12.1 Å². The van der Waals surface area contributed by atoms with Crippen LogP contribution in [-0.2, 0) is 25.1 Å². The van der Waals surface area contributed by atoms with Gasteiger partial charge in [-0.3, -0.25) is 4.79 Å². The van der Waals surface area contributed by atoms with E-state index in [2.05, 4.69) is 10.2 Å². The molecule has 8 heteroatoms. The molecule has 2 aromatic rings. The average molecular weight is 419 g/mol. The molecule has 0 atom stereocenters. The summed E-state index contributed by atoms with van der Waals surface area (Å²) in [5, 5.41) is 2.72. The summed E-state index contributed by atoms with van der Waals surface area (Å²) in [4.78, 5) is 25.9. The first-order valence-corrected chi connectivity index (χ1v) is 11.3. The monoisotopic (exact) mass is 418 g/mol. The van der Waals surface area contributed by atoms with Crippen LogP contribution in [0, 0.1) is 0 Å². The Kier molecular flexibility index (Phi) is 8.21. The predicted octanol–water partition coefficient (Wildman–Crippen LogP) is 2.03. The Morgan fingerprint density at radius 1 is 1.03 bits per heavy atom. The fraction of sp³-hybridized carbons (Fsp3) is 0.333. The lowest BCUT2D eigenvalue weighted by Crippen LogP contribution is -2.31. The third-order valence-electron chi connectivity index (χ3n) is 4.14. The van der Waals surface area contributed by atoms with Gasteiger partial charge in [0.1, 0.15) is 0 Å². The standard InChI is InChI=1S/C21H26N2O5S/c1-23(19-7-4-3-5-8-19)14-6-13-22-20(24)15-28-21(25)18-11-9-17(10-12-18)16-29(2,26)27/h3-5,7-12H,6,13-16H2,1-2H3,(H,22,24). The van der Waals surface area contributed by atoms with Gasteiger partial charge in [-0.1, -0.05) is 30.3 Å². The largest absolute Gasteiger partial charge is 0.452 e. The van der Waals surface area contributed by atoms with Crippen molar-refractivity contribution >= 4 is 27.4 Å². The van der Waals surface area contributed by atoms with Gasteiger partial charge in [-0.2, -0.15) is 0 Å². The van der Waals surface area contributed by atoms with Crippen LogP contribution in [0.25, 0.3) is 0 Å². The molecule has 2 aromatic carbocycles. The second kappa shape index (κ2) is 10.6. The number of benzene rings is 2. The highest BCUT2D eigenvalue weighted by Crippen LogP contribution is 2.11. The Bertz CT molecular complexity index is 912. The highest BCUT2D eigenvalue weighted by molar-refractivity contribution is 7.89. The minimum absolute atomic E-state index is 0.0931. The van der Waals surface area contributed by atoms with Crippen molar-refractivity contribution < 1.29 is 22.7 Å². The number of ether oxygens (including phenoxy) is 1. The molecule has 0 aliphatic rings. The maximum atomic E-state index is 12.0. The molecular weight excluding hydrogens is 392 g/mol. The molecule has 1 N–H and O–H groups in total. The summed E-state index contributed by atoms with van der Waals surface area (Å²) < 4.78 is 27.5. The van der Waals surface area contributed by atoms with E-state index in [4.69, 9.17) is 4.74 Å². The van der Waals surface area contributed by atoms with Crippen molar-refractivity contribution in [3.05, 3.63) is 65.7 Å². The number of para-hydroxylation sites is 1. The number of nitrogens with zero attached hydrogens (tertiary/aromatic N) is 1. The zero-order valence-corrected chi connectivity index (χ0v) is 17.4. The quantitative estimate of drug-likeness (QED) is 0.469. The molecule has 0 saturated carbocycles. The Morgan fingerprint density at radius 3 is 2.31 bits per heavy atom. The Morgan fingerprint density at radius 2 is 1.69 bits per heavy atom. The molecule has 0 aliphatic carbocycles. The van der Waals surface area contributed by atoms with Gasteiger partial charge in [-0.25, -0.2) is 13.2 Å². The minimum atomic E-state index is -3.14. The van der Waals surface area contributed by atoms with Crippen LogP contribution >= 0.6 is 0 Å². The molecule has 0 aliphatic heterocycles. The molecule has 7 nitrogen and oxygen atoms in total. The number of nitrogens with one attached hydrogen (secondary N) is 1. The van der Waals surface area contributed by atoms with Crippen LogP contribution < -0.4 is 10.2 Å². The lowest BCUT2D eigenvalue weighted by Gasteiger charge is -2.19. The molecule has 29 heavy (non-hydrogen) atoms. The summed E-state index contributed by atoms with van der Waals surface area (Å²) in [6, 6.07) is 16.0. The molecule has 0 aromatic heterocycles. The second-order valence-electron chi connectivity index (χ2n) is 6.80. The maximum Gasteiger partial charge on any atom is 0.338 e. The number of hydrogen-bond acceptors (Lipinski definition) is 6. The number of esters is 1. The van der Waals surface area contributed by atoms with E-state index in [1.807, 2.05) is 37.4 Å². The lowest BCUT2D eigenvalue weighted by molar-refractivity contribution is -0.124. The van der Waals surface area contributed by atoms with Gasteiger partial charge in [0.25, 0.3) is 5.91 Å². The van der Waals surface area contributed by atoms with E-state index >= 15 is 0 Å². The topological polar surface area (TPSA) is 92.8 Å². The normalized spacial score (nSPS) is 11.0. The first kappa shape index (κ1) is 22.4. The molecule has 1 amide bonds. The van der Waals surface area contributed by atoms with Crippen LogP contribution in [0.5, 0.6) is 0 Å². The minimum Gasteiger partial charge on any atom is -0.452 e. The zero-order valence-electron chi connectivity index (χ0n) is 16.6. The first-order valence-electron chi connectivity index (χ1n) is 9.21. The van der Waals surface area contributed by atoms with Crippen molar-refractivity contribution in [1.29, 1.82) is 0 Å². The van der Waals surface area contributed by atoms with E-state index in [1.165, 1.54) is 12.1 Å². The van der Waals surface area contributed by atoms with Crippen molar-refractivity contribution in [3.8, 4) is 0 Å². The summed E-state index contributed by atoms with van der Waals surface area (Å²) in [6.07, 6.45) is 1.90. The molecular formula is C21H26N2O5S. The van der Waals surface area contributed by atoms with Crippen molar-refractivity contribution in [3.63, 3.8) is 0 Å². The van der Waals surface area contributed by atoms with Gasteiger partial charge < -0.3 is 15.0 Å². The number of sulfone groups is 1. The summed E-state index contributed by atoms with van der Waals surface area (Å²) in [5.41, 5.74) is 1.96. The molecule has 156 valence electrons. The number of carbonyl (C=O) groups is 2. The van der Waals surface area contributed by atoms with Crippen LogP contribution in [0.4, 0.5) is 5.69 Å². The van der Waals surface area contributed by atoms with Gasteiger partial charge in [0, 0.05) is 32.1 Å². The average Bonchev–Trinajstić information content (AvgIpc) is 2.69. The Balaban J connectivity index is 1.67. The van der Waals surface area contributed by atoms with Gasteiger partial charge in [-0.05, 0) is 36.2 Å². The smallest absolute Gasteiger partial charge is 0.338 e. The predicted molar refractivity (Wildman–Crippen MR) is 113 cm³/mol. The SMILES string of the molecule is CN(CCCNC(=O)COC(=O)c1ccc(CS(C)(=O)=O)cc1)c1ccccc1. The second-order valence-corrected chi connectivity index (χ2v) is 8.94. The van der Waals surface area contributed by atoms with Crippen molar-refractivity contribution in [2.75, 3.05) is 37.9 Å². The van der Waals surface area contributed by atoms with E-state index in [-0.39, 0.29) is 23.8 Å². The zero-order chi connectivity index (χ0) is 21.3. The van der Waals surface area contributed by atoms with Gasteiger partial charge in [0.2, 0.25) is 0 Å². The first-order chi connectivity index (χ1) is 13.7. The van der Waals surface area contributed by atoms with E-state index < -0.39 is 15.8 Å². The molecule has 0 saturated heterocycles. The van der Waals surface area contributed by atoms with E-state index in [0.717, 1.165) is 24.9 Å². The van der Waals surface area contributed by atoms with Gasteiger partial charge in [-0.15, -0.1) is 0 Å². The third kappa shape index (κ3) is 8.35. The molecule has 0 fully saturated rings. The molecule has 0 spiro atoms. The summed E-state index contributed by atoms with van der Waals surface area (Å²) in [5.74, 6) is -1.09. The molecule has 0 unspecified atom stereocenters. The highest BCUT2D eigenvalue weighted by atomic mass is 32.2. The number of anilines is 1. The van der Waals surface area contributed by atoms with Crippen LogP contribution in [-0.4, -0.2) is 53.3 Å². The van der Waals surface area contributed by atoms with Gasteiger partial charge in [0.05, 0.1) is 11.3 Å². The summed E-state index contributed by atoms with van der Waals surface area (Å²) >= 11 is 0. The van der Waals surface area contributed by atoms with Crippen LogP contribution in [0.3, 0.4) is 0 Å². The molecule has 0 radical (unpaired) electrons. The Labute approximate surface area is 171 Å². The fourth-order valence-corrected chi connectivity index (χ4v) is 3.46. The van der Waals surface area contributed by atoms with Gasteiger partial charge >= 0.3 is 5.97 Å². The Hall–Kier alpha value is -2.87. The number of carbonyl (C=O) groups excluding carboxylic acids is 2. The van der Waals surface area contributed by atoms with Gasteiger partial charge in [0.15, 0.2) is 16.4 Å². The van der Waals surface area contributed by atoms with Crippen LogP contribution in [0.15, 0.2) is 54.6 Å². The van der Waals surface area contributed by atoms with Crippen LogP contribution in [0.2, 0.25) is 0 Å². The number of hydrogen-bond donors (Lipinski definition) is 1. The van der Waals surface area contributed by atoms with E-state index in [9.17, 15) is 18.0 Å². The number of amides is 1. The molecule has 2 rings (SSSR count). The maximum absolute atomic E-state index is 12.0. The highest BCUT2D eigenvalue weighted by Gasteiger charge is 2.11. The van der Waals surface area contributed by atoms with Crippen molar-refractivity contribution in [1.82, 2.24) is 5.32 Å². The summed E-state index contributed by atoms with van der Waals surface area (Å²) in [7, 11) is -1.15. The van der Waals surface area contributed by atoms with Crippen LogP contribution in [0.1, 0.15) is 22.3 Å². The molecule has 0 heterocycles. The van der Waals surface area contributed by atoms with Crippen molar-refractivity contribution in [2.24, 2.45) is 0 Å². The number of rotatable bonds is 10. The molecule has 0 bridgehead atoms. The fourth-order valence-electron chi connectivity index (χ4n) is 2.66. The van der Waals surface area contributed by atoms with Crippen molar-refractivity contribution in [2.45, 2.75) is 12.2 Å². The summed E-state index contributed by atoms with van der Waals surface area (Å²) in [6.45, 7) is 0.899. The third-order valence-corrected chi connectivity index (χ3v) is 5.00. The lowest BCUT2D eigenvalue weighted by atomic mass is 10.1.